The van der Waals surface area contributed by atoms with Gasteiger partial charge >= 0.3 is 0 Å². The zero-order valence-electron chi connectivity index (χ0n) is 19.0. The van der Waals surface area contributed by atoms with E-state index in [0.717, 1.165) is 24.2 Å². The van der Waals surface area contributed by atoms with E-state index in [4.69, 9.17) is 0 Å². The lowest BCUT2D eigenvalue weighted by molar-refractivity contribution is -0.120. The summed E-state index contributed by atoms with van der Waals surface area (Å²) in [5.74, 6) is -0.492. The molecule has 2 aliphatic heterocycles. The van der Waals surface area contributed by atoms with E-state index in [1.165, 1.54) is 16.2 Å². The Hall–Kier alpha value is -3.86. The van der Waals surface area contributed by atoms with E-state index < -0.39 is 0 Å². The summed E-state index contributed by atoms with van der Waals surface area (Å²) < 4.78 is 0. The number of nitrogens with zero attached hydrogens (tertiary/aromatic N) is 3. The van der Waals surface area contributed by atoms with Gasteiger partial charge in [0.15, 0.2) is 0 Å². The molecule has 2 aliphatic rings. The van der Waals surface area contributed by atoms with Crippen molar-refractivity contribution < 1.29 is 9.59 Å². The van der Waals surface area contributed by atoms with Gasteiger partial charge in [-0.1, -0.05) is 60.7 Å². The van der Waals surface area contributed by atoms with Crippen molar-refractivity contribution >= 4 is 28.8 Å². The molecule has 3 aromatic carbocycles. The van der Waals surface area contributed by atoms with Crippen molar-refractivity contribution in [3.05, 3.63) is 101 Å². The zero-order chi connectivity index (χ0) is 22.9. The van der Waals surface area contributed by atoms with Gasteiger partial charge < -0.3 is 9.80 Å². The Morgan fingerprint density at radius 3 is 2.03 bits per heavy atom. The highest BCUT2D eigenvalue weighted by Gasteiger charge is 2.43. The molecule has 1 saturated heterocycles. The summed E-state index contributed by atoms with van der Waals surface area (Å²) >= 11 is 0. The Kier molecular flexibility index (Phi) is 5.47. The first-order chi connectivity index (χ1) is 16.0. The Morgan fingerprint density at radius 1 is 0.667 bits per heavy atom. The van der Waals surface area contributed by atoms with E-state index in [9.17, 15) is 9.59 Å². The first-order valence-corrected chi connectivity index (χ1v) is 11.4. The van der Waals surface area contributed by atoms with E-state index in [1.54, 1.807) is 0 Å². The van der Waals surface area contributed by atoms with Crippen molar-refractivity contribution in [2.75, 3.05) is 36.0 Å². The van der Waals surface area contributed by atoms with Crippen LogP contribution in [0, 0.1) is 13.8 Å². The molecule has 0 unspecified atom stereocenters. The molecule has 5 heteroatoms. The molecule has 166 valence electrons. The maximum atomic E-state index is 13.7. The summed E-state index contributed by atoms with van der Waals surface area (Å²) in [5.41, 5.74) is 5.76. The standard InChI is InChI=1S/C28H27N3O2/c1-20-9-8-13-23(19-20)29-15-17-30(18-16-29)26-25(22-11-4-3-5-12-22)27(32)31(28(26)33)24-14-7-6-10-21(24)2/h3-14,19H,15-18H2,1-2H3. The summed E-state index contributed by atoms with van der Waals surface area (Å²) in [4.78, 5) is 33.2. The second-order valence-corrected chi connectivity index (χ2v) is 8.63. The molecule has 0 radical (unpaired) electrons. The van der Waals surface area contributed by atoms with E-state index in [2.05, 4.69) is 41.0 Å². The van der Waals surface area contributed by atoms with Crippen molar-refractivity contribution in [1.29, 1.82) is 0 Å². The van der Waals surface area contributed by atoms with Crippen LogP contribution in [0.25, 0.3) is 5.57 Å². The van der Waals surface area contributed by atoms with Crippen LogP contribution in [0.15, 0.2) is 84.6 Å². The van der Waals surface area contributed by atoms with Crippen molar-refractivity contribution in [3.63, 3.8) is 0 Å². The van der Waals surface area contributed by atoms with Crippen molar-refractivity contribution in [3.8, 4) is 0 Å². The molecule has 2 amide bonds. The maximum Gasteiger partial charge on any atom is 0.282 e. The topological polar surface area (TPSA) is 43.9 Å². The van der Waals surface area contributed by atoms with Crippen LogP contribution in [0.5, 0.6) is 0 Å². The van der Waals surface area contributed by atoms with Crippen LogP contribution in [0.1, 0.15) is 16.7 Å². The van der Waals surface area contributed by atoms with E-state index >= 15 is 0 Å². The molecule has 3 aromatic rings. The van der Waals surface area contributed by atoms with Gasteiger partial charge in [-0.25, -0.2) is 4.90 Å². The average Bonchev–Trinajstić information content (AvgIpc) is 3.10. The molecule has 0 aliphatic carbocycles. The molecular formula is C28H27N3O2. The fourth-order valence-corrected chi connectivity index (χ4v) is 4.72. The summed E-state index contributed by atoms with van der Waals surface area (Å²) in [6, 6.07) is 25.6. The van der Waals surface area contributed by atoms with E-state index in [0.29, 0.717) is 30.0 Å². The fraction of sp³-hybridized carbons (Fsp3) is 0.214. The number of aryl methyl sites for hydroxylation is 2. The number of hydrogen-bond donors (Lipinski definition) is 0. The van der Waals surface area contributed by atoms with Gasteiger partial charge in [0.2, 0.25) is 0 Å². The molecule has 33 heavy (non-hydrogen) atoms. The minimum atomic E-state index is -0.253. The Balaban J connectivity index is 1.49. The molecule has 2 heterocycles. The smallest absolute Gasteiger partial charge is 0.282 e. The molecule has 0 atom stereocenters. The van der Waals surface area contributed by atoms with Crippen LogP contribution in [0.3, 0.4) is 0 Å². The molecule has 0 saturated carbocycles. The van der Waals surface area contributed by atoms with Gasteiger partial charge in [0.1, 0.15) is 5.70 Å². The lowest BCUT2D eigenvalue weighted by Crippen LogP contribution is -2.47. The lowest BCUT2D eigenvalue weighted by Gasteiger charge is -2.37. The highest BCUT2D eigenvalue weighted by Crippen LogP contribution is 2.36. The minimum Gasteiger partial charge on any atom is -0.368 e. The number of hydrogen-bond acceptors (Lipinski definition) is 4. The second-order valence-electron chi connectivity index (χ2n) is 8.63. The molecule has 1 fully saturated rings. The molecular weight excluding hydrogens is 410 g/mol. The number of para-hydroxylation sites is 1. The number of amides is 2. The van der Waals surface area contributed by atoms with Crippen LogP contribution in [-0.4, -0.2) is 42.9 Å². The quantitative estimate of drug-likeness (QED) is 0.567. The molecule has 0 aromatic heterocycles. The van der Waals surface area contributed by atoms with Gasteiger partial charge in [-0.2, -0.15) is 0 Å². The predicted octanol–water partition coefficient (Wildman–Crippen LogP) is 4.41. The van der Waals surface area contributed by atoms with Crippen LogP contribution in [0.2, 0.25) is 0 Å². The number of piperazine rings is 1. The van der Waals surface area contributed by atoms with Crippen molar-refractivity contribution in [2.24, 2.45) is 0 Å². The largest absolute Gasteiger partial charge is 0.368 e. The minimum absolute atomic E-state index is 0.239. The number of imide groups is 1. The van der Waals surface area contributed by atoms with Gasteiger partial charge in [-0.3, -0.25) is 9.59 Å². The molecule has 5 nitrogen and oxygen atoms in total. The summed E-state index contributed by atoms with van der Waals surface area (Å²) in [5, 5.41) is 0. The van der Waals surface area contributed by atoms with Crippen LogP contribution in [0.4, 0.5) is 11.4 Å². The Labute approximate surface area is 194 Å². The van der Waals surface area contributed by atoms with Crippen molar-refractivity contribution in [1.82, 2.24) is 4.90 Å². The van der Waals surface area contributed by atoms with E-state index in [-0.39, 0.29) is 11.8 Å². The maximum absolute atomic E-state index is 13.7. The SMILES string of the molecule is Cc1cccc(N2CCN(C3=C(c4ccccc4)C(=O)N(c4ccccc4C)C3=O)CC2)c1. The van der Waals surface area contributed by atoms with Gasteiger partial charge in [0, 0.05) is 31.9 Å². The highest BCUT2D eigenvalue weighted by molar-refractivity contribution is 6.45. The normalized spacial score (nSPS) is 16.7. The highest BCUT2D eigenvalue weighted by atomic mass is 16.2. The van der Waals surface area contributed by atoms with Gasteiger partial charge in [-0.05, 0) is 48.7 Å². The van der Waals surface area contributed by atoms with Gasteiger partial charge in [-0.15, -0.1) is 0 Å². The lowest BCUT2D eigenvalue weighted by atomic mass is 10.0. The predicted molar refractivity (Wildman–Crippen MR) is 132 cm³/mol. The number of rotatable bonds is 4. The zero-order valence-corrected chi connectivity index (χ0v) is 19.0. The summed E-state index contributed by atoms with van der Waals surface area (Å²) in [6.07, 6.45) is 0. The first-order valence-electron chi connectivity index (χ1n) is 11.4. The monoisotopic (exact) mass is 437 g/mol. The average molecular weight is 438 g/mol. The molecule has 0 N–H and O–H groups in total. The third-order valence-electron chi connectivity index (χ3n) is 6.44. The Morgan fingerprint density at radius 2 is 1.33 bits per heavy atom. The summed E-state index contributed by atoms with van der Waals surface area (Å²) in [6.45, 7) is 6.97. The number of benzene rings is 3. The second kappa shape index (κ2) is 8.58. The first kappa shape index (κ1) is 21.0. The van der Waals surface area contributed by atoms with Crippen LogP contribution in [-0.2, 0) is 9.59 Å². The Bertz CT molecular complexity index is 1240. The van der Waals surface area contributed by atoms with E-state index in [1.807, 2.05) is 61.5 Å². The van der Waals surface area contributed by atoms with Crippen molar-refractivity contribution in [2.45, 2.75) is 13.8 Å². The molecule has 5 rings (SSSR count). The third-order valence-corrected chi connectivity index (χ3v) is 6.44. The number of carbonyl (C=O) groups is 2. The van der Waals surface area contributed by atoms with Gasteiger partial charge in [0.25, 0.3) is 11.8 Å². The number of anilines is 2. The third kappa shape index (κ3) is 3.80. The molecule has 0 spiro atoms. The molecule has 0 bridgehead atoms. The number of carbonyl (C=O) groups excluding carboxylic acids is 2. The summed E-state index contributed by atoms with van der Waals surface area (Å²) in [7, 11) is 0. The fourth-order valence-electron chi connectivity index (χ4n) is 4.72. The van der Waals surface area contributed by atoms with Crippen LogP contribution >= 0.6 is 0 Å². The van der Waals surface area contributed by atoms with Crippen LogP contribution < -0.4 is 9.80 Å². The van der Waals surface area contributed by atoms with Gasteiger partial charge in [0.05, 0.1) is 11.3 Å².